The first-order valence-corrected chi connectivity index (χ1v) is 8.17. The Labute approximate surface area is 136 Å². The summed E-state index contributed by atoms with van der Waals surface area (Å²) in [7, 11) is 0. The molecule has 2 unspecified atom stereocenters. The molecule has 1 aromatic rings. The molecule has 0 saturated carbocycles. The molecule has 0 bridgehead atoms. The Kier molecular flexibility index (Phi) is 5.03. The lowest BCUT2D eigenvalue weighted by molar-refractivity contribution is -0.117. The minimum Gasteiger partial charge on any atom is -0.486 e. The molecule has 2 aliphatic rings. The summed E-state index contributed by atoms with van der Waals surface area (Å²) in [6.45, 7) is 7.74. The average Bonchev–Trinajstić information content (AvgIpc) is 2.52. The number of morpholine rings is 1. The van der Waals surface area contributed by atoms with Crippen LogP contribution in [-0.2, 0) is 9.53 Å². The van der Waals surface area contributed by atoms with Crippen LogP contribution in [0.4, 0.5) is 5.69 Å². The Balaban J connectivity index is 1.49. The molecular formula is C17H24N2O4. The van der Waals surface area contributed by atoms with Gasteiger partial charge >= 0.3 is 0 Å². The highest BCUT2D eigenvalue weighted by molar-refractivity contribution is 5.91. The van der Waals surface area contributed by atoms with E-state index in [1.54, 1.807) is 0 Å². The normalized spacial score (nSPS) is 24.3. The lowest BCUT2D eigenvalue weighted by atomic mass is 10.2. The number of ether oxygens (including phenoxy) is 3. The van der Waals surface area contributed by atoms with Crippen LogP contribution in [0.5, 0.6) is 11.5 Å². The number of fused-ring (bicyclic) bond motifs is 1. The van der Waals surface area contributed by atoms with Crippen LogP contribution in [0.25, 0.3) is 0 Å². The van der Waals surface area contributed by atoms with Crippen LogP contribution in [0.2, 0.25) is 0 Å². The van der Waals surface area contributed by atoms with Crippen LogP contribution >= 0.6 is 0 Å². The van der Waals surface area contributed by atoms with Crippen molar-refractivity contribution in [3.05, 3.63) is 18.2 Å². The molecule has 1 fully saturated rings. The predicted octanol–water partition coefficient (Wildman–Crippen LogP) is 1.90. The van der Waals surface area contributed by atoms with Crippen molar-refractivity contribution in [2.24, 2.45) is 0 Å². The topological polar surface area (TPSA) is 60.0 Å². The number of hydrogen-bond donors (Lipinski definition) is 1. The number of carbonyl (C=O) groups excluding carboxylic acids is 1. The Hall–Kier alpha value is -1.79. The van der Waals surface area contributed by atoms with Gasteiger partial charge in [-0.25, -0.2) is 0 Å². The smallest absolute Gasteiger partial charge is 0.225 e. The predicted molar refractivity (Wildman–Crippen MR) is 87.1 cm³/mol. The summed E-state index contributed by atoms with van der Waals surface area (Å²) in [5, 5.41) is 2.92. The van der Waals surface area contributed by atoms with E-state index in [1.807, 2.05) is 18.2 Å². The van der Waals surface area contributed by atoms with Crippen molar-refractivity contribution in [3.8, 4) is 11.5 Å². The lowest BCUT2D eigenvalue weighted by Gasteiger charge is -2.35. The largest absolute Gasteiger partial charge is 0.486 e. The van der Waals surface area contributed by atoms with Crippen molar-refractivity contribution in [1.82, 2.24) is 4.90 Å². The molecule has 1 saturated heterocycles. The fourth-order valence-corrected chi connectivity index (χ4v) is 3.07. The van der Waals surface area contributed by atoms with Gasteiger partial charge in [-0.2, -0.15) is 0 Å². The minimum absolute atomic E-state index is 0.00785. The molecule has 0 radical (unpaired) electrons. The minimum atomic E-state index is 0.00785. The van der Waals surface area contributed by atoms with Gasteiger partial charge in [-0.3, -0.25) is 9.69 Å². The Bertz CT molecular complexity index is 554. The fraction of sp³-hybridized carbons (Fsp3) is 0.588. The summed E-state index contributed by atoms with van der Waals surface area (Å²) < 4.78 is 16.7. The van der Waals surface area contributed by atoms with Crippen molar-refractivity contribution in [3.63, 3.8) is 0 Å². The summed E-state index contributed by atoms with van der Waals surface area (Å²) in [5.74, 6) is 1.42. The van der Waals surface area contributed by atoms with Crippen molar-refractivity contribution in [1.29, 1.82) is 0 Å². The Morgan fingerprint density at radius 2 is 1.87 bits per heavy atom. The van der Waals surface area contributed by atoms with Gasteiger partial charge < -0.3 is 19.5 Å². The summed E-state index contributed by atoms with van der Waals surface area (Å²) in [4.78, 5) is 14.4. The van der Waals surface area contributed by atoms with E-state index in [1.165, 1.54) is 0 Å². The van der Waals surface area contributed by atoms with E-state index in [0.717, 1.165) is 31.1 Å². The third-order valence-electron chi connectivity index (χ3n) is 3.98. The number of rotatable bonds is 4. The maximum atomic E-state index is 12.1. The highest BCUT2D eigenvalue weighted by Crippen LogP contribution is 2.32. The molecule has 6 heteroatoms. The fourth-order valence-electron chi connectivity index (χ4n) is 3.07. The van der Waals surface area contributed by atoms with E-state index >= 15 is 0 Å². The molecule has 2 heterocycles. The van der Waals surface area contributed by atoms with E-state index < -0.39 is 0 Å². The molecule has 0 spiro atoms. The average molecular weight is 320 g/mol. The van der Waals surface area contributed by atoms with Gasteiger partial charge in [0.1, 0.15) is 13.2 Å². The molecule has 1 aromatic carbocycles. The number of benzene rings is 1. The first-order valence-electron chi connectivity index (χ1n) is 8.17. The molecule has 126 valence electrons. The van der Waals surface area contributed by atoms with Crippen LogP contribution < -0.4 is 14.8 Å². The lowest BCUT2D eigenvalue weighted by Crippen LogP contribution is -2.46. The molecule has 0 aliphatic carbocycles. The molecule has 3 rings (SSSR count). The van der Waals surface area contributed by atoms with Gasteiger partial charge in [-0.05, 0) is 26.0 Å². The van der Waals surface area contributed by atoms with Crippen LogP contribution in [0.15, 0.2) is 18.2 Å². The standard InChI is InChI=1S/C17H24N2O4/c1-12-10-19(11-13(2)23-12)6-5-17(20)18-14-3-4-15-16(9-14)22-8-7-21-15/h3-4,9,12-13H,5-8,10-11H2,1-2H3,(H,18,20). The van der Waals surface area contributed by atoms with E-state index in [4.69, 9.17) is 14.2 Å². The summed E-state index contributed by atoms with van der Waals surface area (Å²) in [5.41, 5.74) is 0.739. The molecule has 1 N–H and O–H groups in total. The zero-order valence-electron chi connectivity index (χ0n) is 13.7. The van der Waals surface area contributed by atoms with E-state index in [-0.39, 0.29) is 18.1 Å². The molecule has 6 nitrogen and oxygen atoms in total. The number of anilines is 1. The highest BCUT2D eigenvalue weighted by atomic mass is 16.6. The van der Waals surface area contributed by atoms with Crippen LogP contribution in [-0.4, -0.2) is 55.9 Å². The highest BCUT2D eigenvalue weighted by Gasteiger charge is 2.22. The first-order chi connectivity index (χ1) is 11.1. The van der Waals surface area contributed by atoms with Crippen LogP contribution in [0.3, 0.4) is 0 Å². The first kappa shape index (κ1) is 16.1. The van der Waals surface area contributed by atoms with Gasteiger partial charge in [0.2, 0.25) is 5.91 Å². The van der Waals surface area contributed by atoms with Crippen molar-refractivity contribution in [2.75, 3.05) is 38.2 Å². The summed E-state index contributed by atoms with van der Waals surface area (Å²) >= 11 is 0. The third kappa shape index (κ3) is 4.36. The quantitative estimate of drug-likeness (QED) is 0.918. The Morgan fingerprint density at radius 3 is 2.61 bits per heavy atom. The van der Waals surface area contributed by atoms with Crippen LogP contribution in [0, 0.1) is 0 Å². The summed E-state index contributed by atoms with van der Waals surface area (Å²) in [6, 6.07) is 5.48. The number of nitrogens with zero attached hydrogens (tertiary/aromatic N) is 1. The van der Waals surface area contributed by atoms with Gasteiger partial charge in [-0.1, -0.05) is 0 Å². The van der Waals surface area contributed by atoms with Gasteiger partial charge in [0, 0.05) is 37.8 Å². The Morgan fingerprint density at radius 1 is 1.17 bits per heavy atom. The van der Waals surface area contributed by atoms with E-state index in [9.17, 15) is 4.79 Å². The zero-order valence-corrected chi connectivity index (χ0v) is 13.7. The van der Waals surface area contributed by atoms with Gasteiger partial charge in [0.05, 0.1) is 12.2 Å². The van der Waals surface area contributed by atoms with Gasteiger partial charge in [0.25, 0.3) is 0 Å². The molecule has 23 heavy (non-hydrogen) atoms. The van der Waals surface area contributed by atoms with Gasteiger partial charge in [0.15, 0.2) is 11.5 Å². The van der Waals surface area contributed by atoms with Crippen LogP contribution in [0.1, 0.15) is 20.3 Å². The van der Waals surface area contributed by atoms with E-state index in [0.29, 0.717) is 25.4 Å². The van der Waals surface area contributed by atoms with E-state index in [2.05, 4.69) is 24.1 Å². The SMILES string of the molecule is CC1CN(CCC(=O)Nc2ccc3c(c2)OCCO3)CC(C)O1. The molecule has 2 aliphatic heterocycles. The van der Waals surface area contributed by atoms with Crippen molar-refractivity contribution in [2.45, 2.75) is 32.5 Å². The number of carbonyl (C=O) groups is 1. The molecule has 0 aromatic heterocycles. The van der Waals surface area contributed by atoms with Gasteiger partial charge in [-0.15, -0.1) is 0 Å². The number of hydrogen-bond acceptors (Lipinski definition) is 5. The molecule has 1 amide bonds. The second-order valence-corrected chi connectivity index (χ2v) is 6.17. The maximum Gasteiger partial charge on any atom is 0.225 e. The van der Waals surface area contributed by atoms with Crippen molar-refractivity contribution < 1.29 is 19.0 Å². The number of nitrogens with one attached hydrogen (secondary N) is 1. The van der Waals surface area contributed by atoms with Crippen molar-refractivity contribution >= 4 is 11.6 Å². The molecule has 2 atom stereocenters. The summed E-state index contributed by atoms with van der Waals surface area (Å²) in [6.07, 6.45) is 0.910. The second-order valence-electron chi connectivity index (χ2n) is 6.17. The molecular weight excluding hydrogens is 296 g/mol. The maximum absolute atomic E-state index is 12.1. The third-order valence-corrected chi connectivity index (χ3v) is 3.98. The zero-order chi connectivity index (χ0) is 16.2. The second kappa shape index (κ2) is 7.19. The number of amides is 1. The monoisotopic (exact) mass is 320 g/mol.